The Balaban J connectivity index is 1.63. The van der Waals surface area contributed by atoms with Gasteiger partial charge in [-0.2, -0.15) is 0 Å². The van der Waals surface area contributed by atoms with Crippen LogP contribution >= 0.6 is 11.6 Å². The predicted molar refractivity (Wildman–Crippen MR) is 139 cm³/mol. The van der Waals surface area contributed by atoms with E-state index < -0.39 is 5.97 Å². The number of hydrogen-bond donors (Lipinski definition) is 2. The van der Waals surface area contributed by atoms with Gasteiger partial charge in [0.2, 0.25) is 0 Å². The molecule has 1 fully saturated rings. The van der Waals surface area contributed by atoms with Gasteiger partial charge in [0.25, 0.3) is 0 Å². The highest BCUT2D eigenvalue weighted by molar-refractivity contribution is 6.30. The van der Waals surface area contributed by atoms with Crippen molar-refractivity contribution in [2.75, 3.05) is 18.0 Å². The Morgan fingerprint density at radius 2 is 1.83 bits per heavy atom. The molecule has 7 heteroatoms. The van der Waals surface area contributed by atoms with E-state index in [1.54, 1.807) is 6.20 Å². The van der Waals surface area contributed by atoms with Crippen molar-refractivity contribution < 1.29 is 15.1 Å². The number of carbonyl (C=O) groups is 1. The molecule has 0 bridgehead atoms. The summed E-state index contributed by atoms with van der Waals surface area (Å²) in [4.78, 5) is 17.8. The molecule has 0 unspecified atom stereocenters. The first-order valence-electron chi connectivity index (χ1n) is 11.8. The number of aryl methyl sites for hydroxylation is 2. The highest BCUT2D eigenvalue weighted by Crippen LogP contribution is 2.34. The molecule has 2 heterocycles. The molecular formula is C28H30ClN3O3. The van der Waals surface area contributed by atoms with E-state index in [1.165, 1.54) is 0 Å². The van der Waals surface area contributed by atoms with Crippen molar-refractivity contribution in [3.05, 3.63) is 93.8 Å². The Morgan fingerprint density at radius 3 is 2.43 bits per heavy atom. The van der Waals surface area contributed by atoms with E-state index in [4.69, 9.17) is 11.6 Å². The SMILES string of the molecule is Cc1cc(/C(C[C@@H](c2ccc(N3CCC(C(=O)O)CC3)cc2)c2ccc(Cl)cc2C)=N/O)ccn1. The van der Waals surface area contributed by atoms with Crippen LogP contribution in [0.5, 0.6) is 0 Å². The lowest BCUT2D eigenvalue weighted by Crippen LogP contribution is -2.36. The summed E-state index contributed by atoms with van der Waals surface area (Å²) in [6, 6.07) is 18.1. The van der Waals surface area contributed by atoms with Gasteiger partial charge in [-0.15, -0.1) is 0 Å². The Labute approximate surface area is 210 Å². The first kappa shape index (κ1) is 24.7. The van der Waals surface area contributed by atoms with E-state index in [2.05, 4.69) is 39.3 Å². The molecule has 1 atom stereocenters. The maximum Gasteiger partial charge on any atom is 0.306 e. The fraction of sp³-hybridized carbons (Fsp3) is 0.321. The van der Waals surface area contributed by atoms with Crippen LogP contribution < -0.4 is 4.90 Å². The summed E-state index contributed by atoms with van der Waals surface area (Å²) < 4.78 is 0. The van der Waals surface area contributed by atoms with Crippen LogP contribution in [0, 0.1) is 19.8 Å². The summed E-state index contributed by atoms with van der Waals surface area (Å²) in [6.07, 6.45) is 3.54. The fourth-order valence-electron chi connectivity index (χ4n) is 4.87. The molecule has 35 heavy (non-hydrogen) atoms. The van der Waals surface area contributed by atoms with E-state index in [0.717, 1.165) is 46.7 Å². The van der Waals surface area contributed by atoms with Gasteiger partial charge in [-0.05, 0) is 79.8 Å². The number of halogens is 1. The van der Waals surface area contributed by atoms with Gasteiger partial charge in [0.1, 0.15) is 0 Å². The van der Waals surface area contributed by atoms with Gasteiger partial charge in [0.05, 0.1) is 11.6 Å². The van der Waals surface area contributed by atoms with Crippen molar-refractivity contribution in [2.45, 2.75) is 39.0 Å². The highest BCUT2D eigenvalue weighted by atomic mass is 35.5. The van der Waals surface area contributed by atoms with Crippen LogP contribution in [0.15, 0.2) is 65.9 Å². The number of anilines is 1. The number of oxime groups is 1. The summed E-state index contributed by atoms with van der Waals surface area (Å²) in [6.45, 7) is 5.43. The summed E-state index contributed by atoms with van der Waals surface area (Å²) >= 11 is 6.24. The zero-order valence-electron chi connectivity index (χ0n) is 20.0. The third kappa shape index (κ3) is 5.82. The number of aliphatic carboxylic acids is 1. The number of hydrogen-bond acceptors (Lipinski definition) is 5. The van der Waals surface area contributed by atoms with Gasteiger partial charge in [-0.25, -0.2) is 0 Å². The molecule has 0 aliphatic carbocycles. The van der Waals surface area contributed by atoms with Gasteiger partial charge >= 0.3 is 5.97 Å². The first-order chi connectivity index (χ1) is 16.9. The van der Waals surface area contributed by atoms with Crippen molar-refractivity contribution in [2.24, 2.45) is 11.1 Å². The quantitative estimate of drug-likeness (QED) is 0.238. The lowest BCUT2D eigenvalue weighted by molar-refractivity contribution is -0.142. The topological polar surface area (TPSA) is 86.0 Å². The van der Waals surface area contributed by atoms with Crippen LogP contribution in [-0.4, -0.2) is 40.1 Å². The molecule has 0 saturated carbocycles. The average molecular weight is 492 g/mol. The van der Waals surface area contributed by atoms with Gasteiger partial charge in [0, 0.05) is 53.6 Å². The normalized spacial score (nSPS) is 15.7. The molecular weight excluding hydrogens is 462 g/mol. The molecule has 0 spiro atoms. The van der Waals surface area contributed by atoms with Crippen LogP contribution in [0.2, 0.25) is 5.02 Å². The monoisotopic (exact) mass is 491 g/mol. The maximum atomic E-state index is 11.3. The number of carboxylic acid groups (broad SMARTS) is 1. The Bertz CT molecular complexity index is 1220. The highest BCUT2D eigenvalue weighted by Gasteiger charge is 2.25. The molecule has 0 amide bonds. The average Bonchev–Trinajstić information content (AvgIpc) is 2.86. The molecule has 4 rings (SSSR count). The molecule has 1 aliphatic heterocycles. The Morgan fingerprint density at radius 1 is 1.11 bits per heavy atom. The minimum atomic E-state index is -0.702. The molecule has 1 aromatic heterocycles. The maximum absolute atomic E-state index is 11.3. The van der Waals surface area contributed by atoms with Crippen LogP contribution in [-0.2, 0) is 4.79 Å². The fourth-order valence-corrected chi connectivity index (χ4v) is 5.10. The van der Waals surface area contributed by atoms with Crippen molar-refractivity contribution in [1.82, 2.24) is 4.98 Å². The molecule has 6 nitrogen and oxygen atoms in total. The van der Waals surface area contributed by atoms with E-state index >= 15 is 0 Å². The molecule has 2 aromatic carbocycles. The molecule has 1 aliphatic rings. The Hall–Kier alpha value is -3.38. The van der Waals surface area contributed by atoms with Crippen LogP contribution in [0.3, 0.4) is 0 Å². The second-order valence-corrected chi connectivity index (χ2v) is 9.62. The van der Waals surface area contributed by atoms with Crippen molar-refractivity contribution in [1.29, 1.82) is 0 Å². The molecule has 0 radical (unpaired) electrons. The zero-order valence-corrected chi connectivity index (χ0v) is 20.7. The summed E-state index contributed by atoms with van der Waals surface area (Å²) in [7, 11) is 0. The number of pyridine rings is 1. The summed E-state index contributed by atoms with van der Waals surface area (Å²) in [5.74, 6) is -0.999. The van der Waals surface area contributed by atoms with Gasteiger partial charge in [0.15, 0.2) is 0 Å². The molecule has 182 valence electrons. The van der Waals surface area contributed by atoms with Crippen molar-refractivity contribution in [3.8, 4) is 0 Å². The van der Waals surface area contributed by atoms with E-state index in [9.17, 15) is 15.1 Å². The van der Waals surface area contributed by atoms with E-state index in [-0.39, 0.29) is 11.8 Å². The summed E-state index contributed by atoms with van der Waals surface area (Å²) in [5, 5.41) is 23.5. The van der Waals surface area contributed by atoms with Gasteiger partial charge in [-0.1, -0.05) is 35.0 Å². The lowest BCUT2D eigenvalue weighted by Gasteiger charge is -2.32. The number of rotatable bonds is 7. The number of carboxylic acids is 1. The van der Waals surface area contributed by atoms with Gasteiger partial charge in [-0.3, -0.25) is 9.78 Å². The second kappa shape index (κ2) is 10.9. The number of piperidine rings is 1. The smallest absolute Gasteiger partial charge is 0.306 e. The zero-order chi connectivity index (χ0) is 24.9. The van der Waals surface area contributed by atoms with Gasteiger partial charge < -0.3 is 15.2 Å². The second-order valence-electron chi connectivity index (χ2n) is 9.18. The van der Waals surface area contributed by atoms with Crippen LogP contribution in [0.1, 0.15) is 53.1 Å². The number of benzene rings is 2. The van der Waals surface area contributed by atoms with Crippen LogP contribution in [0.25, 0.3) is 0 Å². The third-order valence-corrected chi connectivity index (χ3v) is 7.10. The molecule has 2 N–H and O–H groups in total. The minimum Gasteiger partial charge on any atom is -0.481 e. The number of nitrogens with zero attached hydrogens (tertiary/aromatic N) is 3. The molecule has 3 aromatic rings. The lowest BCUT2D eigenvalue weighted by atomic mass is 9.83. The first-order valence-corrected chi connectivity index (χ1v) is 12.2. The van der Waals surface area contributed by atoms with Crippen molar-refractivity contribution in [3.63, 3.8) is 0 Å². The standard InChI is InChI=1S/C28H30ClN3O3/c1-18-15-23(29)5-8-25(18)26(17-27(31-35)22-9-12-30-19(2)16-22)20-3-6-24(7-4-20)32-13-10-21(11-14-32)28(33)34/h3-9,12,15-16,21,26,35H,10-11,13-14,17H2,1-2H3,(H,33,34)/b31-27+/t26-/m0/s1. The number of aromatic nitrogens is 1. The van der Waals surface area contributed by atoms with E-state index in [0.29, 0.717) is 30.0 Å². The summed E-state index contributed by atoms with van der Waals surface area (Å²) in [5.41, 5.74) is 6.68. The minimum absolute atomic E-state index is 0.0431. The third-order valence-electron chi connectivity index (χ3n) is 6.86. The molecule has 1 saturated heterocycles. The predicted octanol–water partition coefficient (Wildman–Crippen LogP) is 6.05. The Kier molecular flexibility index (Phi) is 7.71. The van der Waals surface area contributed by atoms with E-state index in [1.807, 2.05) is 44.2 Å². The largest absolute Gasteiger partial charge is 0.481 e. The van der Waals surface area contributed by atoms with Crippen molar-refractivity contribution >= 4 is 29.0 Å². The van der Waals surface area contributed by atoms with Crippen LogP contribution in [0.4, 0.5) is 5.69 Å².